The lowest BCUT2D eigenvalue weighted by atomic mass is 9.68. The number of cyclic esters (lactones) is 1. The fourth-order valence-electron chi connectivity index (χ4n) is 4.51. The lowest BCUT2D eigenvalue weighted by Crippen LogP contribution is -2.58. The molecule has 9 heteroatoms. The van der Waals surface area contributed by atoms with Crippen LogP contribution in [-0.2, 0) is 9.53 Å². The molecule has 1 saturated carbocycles. The number of carbonyl (C=O) groups excluding carboxylic acids is 2. The van der Waals surface area contributed by atoms with Crippen LogP contribution < -0.4 is 10.1 Å². The molecule has 1 spiro atoms. The molecule has 2 saturated heterocycles. The highest BCUT2D eigenvalue weighted by molar-refractivity contribution is 5.81. The van der Waals surface area contributed by atoms with Gasteiger partial charge in [-0.1, -0.05) is 0 Å². The number of halogens is 3. The lowest BCUT2D eigenvalue weighted by molar-refractivity contribution is -0.143. The Morgan fingerprint density at radius 3 is 2.55 bits per heavy atom. The first-order valence-corrected chi connectivity index (χ1v) is 9.82. The summed E-state index contributed by atoms with van der Waals surface area (Å²) in [6.45, 7) is 3.20. The third-order valence-corrected chi connectivity index (χ3v) is 6.30. The van der Waals surface area contributed by atoms with Crippen molar-refractivity contribution in [2.45, 2.75) is 44.2 Å². The number of ether oxygens (including phenoxy) is 2. The molecule has 1 aromatic rings. The van der Waals surface area contributed by atoms with Crippen molar-refractivity contribution in [2.75, 3.05) is 19.7 Å². The molecule has 6 nitrogen and oxygen atoms in total. The van der Waals surface area contributed by atoms with Crippen LogP contribution in [0.25, 0.3) is 0 Å². The van der Waals surface area contributed by atoms with Crippen molar-refractivity contribution in [3.8, 4) is 5.75 Å². The molecular formula is C20H23F3N2O4. The molecule has 0 bridgehead atoms. The van der Waals surface area contributed by atoms with Crippen LogP contribution in [-0.4, -0.2) is 48.2 Å². The Morgan fingerprint density at radius 2 is 1.93 bits per heavy atom. The van der Waals surface area contributed by atoms with Gasteiger partial charge < -0.3 is 19.7 Å². The summed E-state index contributed by atoms with van der Waals surface area (Å²) < 4.78 is 50.7. The van der Waals surface area contributed by atoms with E-state index in [1.54, 1.807) is 6.92 Å². The standard InChI is InChI=1S/C20H23F3N2O4/c1-11(29-15-3-2-14(21)16(22)17(15)23)12-4-6-25(7-5-12)18(26)13-8-20(9-13)10-28-19(27)24-20/h2-3,11-13H,4-10H2,1H3,(H,24,27)/t11?,13-,20-. The van der Waals surface area contributed by atoms with Crippen LogP contribution >= 0.6 is 0 Å². The van der Waals surface area contributed by atoms with Gasteiger partial charge in [0.2, 0.25) is 11.7 Å². The number of benzene rings is 1. The highest BCUT2D eigenvalue weighted by Gasteiger charge is 2.53. The molecule has 1 N–H and O–H groups in total. The maximum absolute atomic E-state index is 13.8. The zero-order valence-electron chi connectivity index (χ0n) is 16.1. The molecule has 4 rings (SSSR count). The third-order valence-electron chi connectivity index (χ3n) is 6.30. The molecule has 2 aliphatic heterocycles. The summed E-state index contributed by atoms with van der Waals surface area (Å²) in [5, 5.41) is 2.78. The van der Waals surface area contributed by atoms with E-state index in [2.05, 4.69) is 5.32 Å². The summed E-state index contributed by atoms with van der Waals surface area (Å²) in [6, 6.07) is 1.92. The van der Waals surface area contributed by atoms with Crippen LogP contribution in [0.4, 0.5) is 18.0 Å². The van der Waals surface area contributed by atoms with Gasteiger partial charge in [-0.05, 0) is 50.7 Å². The first kappa shape index (κ1) is 19.8. The minimum absolute atomic E-state index is 0.0711. The molecule has 1 atom stereocenters. The number of hydrogen-bond donors (Lipinski definition) is 1. The maximum Gasteiger partial charge on any atom is 0.407 e. The maximum atomic E-state index is 13.8. The Hall–Kier alpha value is -2.45. The minimum atomic E-state index is -1.54. The number of hydrogen-bond acceptors (Lipinski definition) is 4. The Labute approximate surface area is 166 Å². The summed E-state index contributed by atoms with van der Waals surface area (Å²) >= 11 is 0. The molecule has 29 heavy (non-hydrogen) atoms. The Morgan fingerprint density at radius 1 is 1.24 bits per heavy atom. The minimum Gasteiger partial charge on any atom is -0.487 e. The fraction of sp³-hybridized carbons (Fsp3) is 0.600. The van der Waals surface area contributed by atoms with Gasteiger partial charge in [0.15, 0.2) is 17.4 Å². The molecule has 158 valence electrons. The van der Waals surface area contributed by atoms with Crippen molar-refractivity contribution < 1.29 is 32.2 Å². The first-order valence-electron chi connectivity index (χ1n) is 9.82. The molecule has 3 aliphatic rings. The molecule has 2 amide bonds. The fourth-order valence-corrected chi connectivity index (χ4v) is 4.51. The largest absolute Gasteiger partial charge is 0.487 e. The second kappa shape index (κ2) is 7.42. The number of nitrogens with zero attached hydrogens (tertiary/aromatic N) is 1. The molecule has 1 aromatic carbocycles. The van der Waals surface area contributed by atoms with E-state index in [4.69, 9.17) is 9.47 Å². The summed E-state index contributed by atoms with van der Waals surface area (Å²) in [5.41, 5.74) is -0.382. The van der Waals surface area contributed by atoms with E-state index < -0.39 is 29.6 Å². The molecule has 0 aromatic heterocycles. The number of amides is 2. The second-order valence-electron chi connectivity index (χ2n) is 8.25. The van der Waals surface area contributed by atoms with Gasteiger partial charge in [0.1, 0.15) is 6.61 Å². The van der Waals surface area contributed by atoms with Crippen LogP contribution in [0.5, 0.6) is 5.75 Å². The highest BCUT2D eigenvalue weighted by atomic mass is 19.2. The number of rotatable bonds is 4. The lowest BCUT2D eigenvalue weighted by Gasteiger charge is -2.45. The summed E-state index contributed by atoms with van der Waals surface area (Å²) in [6.07, 6.45) is 1.71. The van der Waals surface area contributed by atoms with Crippen molar-refractivity contribution >= 4 is 12.0 Å². The van der Waals surface area contributed by atoms with Gasteiger partial charge in [0.25, 0.3) is 0 Å². The average molecular weight is 412 g/mol. The number of piperidine rings is 1. The smallest absolute Gasteiger partial charge is 0.407 e. The monoisotopic (exact) mass is 412 g/mol. The van der Waals surface area contributed by atoms with Crippen LogP contribution in [0.3, 0.4) is 0 Å². The average Bonchev–Trinajstić information content (AvgIpc) is 3.09. The molecule has 1 aliphatic carbocycles. The van der Waals surface area contributed by atoms with Gasteiger partial charge >= 0.3 is 6.09 Å². The number of likely N-dealkylation sites (tertiary alicyclic amines) is 1. The van der Waals surface area contributed by atoms with E-state index in [9.17, 15) is 22.8 Å². The Bertz CT molecular complexity index is 820. The summed E-state index contributed by atoms with van der Waals surface area (Å²) in [4.78, 5) is 25.7. The van der Waals surface area contributed by atoms with Crippen molar-refractivity contribution in [3.63, 3.8) is 0 Å². The van der Waals surface area contributed by atoms with Crippen molar-refractivity contribution in [3.05, 3.63) is 29.6 Å². The predicted octanol–water partition coefficient (Wildman–Crippen LogP) is 3.00. The quantitative estimate of drug-likeness (QED) is 0.772. The number of nitrogens with one attached hydrogen (secondary N) is 1. The molecule has 2 heterocycles. The van der Waals surface area contributed by atoms with Crippen LogP contribution in [0.1, 0.15) is 32.6 Å². The van der Waals surface area contributed by atoms with Gasteiger partial charge in [-0.2, -0.15) is 4.39 Å². The molecule has 3 fully saturated rings. The van der Waals surface area contributed by atoms with Crippen LogP contribution in [0.15, 0.2) is 12.1 Å². The van der Waals surface area contributed by atoms with E-state index in [0.717, 1.165) is 12.1 Å². The number of alkyl carbamates (subject to hydrolysis) is 1. The summed E-state index contributed by atoms with van der Waals surface area (Å²) in [5.74, 6) is -4.40. The van der Waals surface area contributed by atoms with Gasteiger partial charge in [-0.15, -0.1) is 0 Å². The van der Waals surface area contributed by atoms with E-state index in [1.165, 1.54) is 0 Å². The van der Waals surface area contributed by atoms with E-state index >= 15 is 0 Å². The normalized spacial score (nSPS) is 27.9. The van der Waals surface area contributed by atoms with E-state index in [1.807, 2.05) is 4.90 Å². The van der Waals surface area contributed by atoms with Crippen molar-refractivity contribution in [1.29, 1.82) is 0 Å². The molecule has 1 unspecified atom stereocenters. The SMILES string of the molecule is CC(Oc1ccc(F)c(F)c1F)C1CCN(C(=O)[C@H]2C[C@@]3(COC(=O)N3)C2)CC1. The Kier molecular flexibility index (Phi) is 5.08. The van der Waals surface area contributed by atoms with Gasteiger partial charge in [0.05, 0.1) is 11.6 Å². The van der Waals surface area contributed by atoms with E-state index in [0.29, 0.717) is 45.4 Å². The van der Waals surface area contributed by atoms with E-state index in [-0.39, 0.29) is 29.0 Å². The van der Waals surface area contributed by atoms with Crippen molar-refractivity contribution in [2.24, 2.45) is 11.8 Å². The Balaban J connectivity index is 1.27. The first-order chi connectivity index (χ1) is 13.8. The van der Waals surface area contributed by atoms with Gasteiger partial charge in [-0.3, -0.25) is 4.79 Å². The third kappa shape index (κ3) is 3.74. The predicted molar refractivity (Wildman–Crippen MR) is 95.6 cm³/mol. The van der Waals surface area contributed by atoms with Crippen molar-refractivity contribution in [1.82, 2.24) is 10.2 Å². The van der Waals surface area contributed by atoms with Crippen LogP contribution in [0.2, 0.25) is 0 Å². The molecular weight excluding hydrogens is 389 g/mol. The van der Waals surface area contributed by atoms with Gasteiger partial charge in [-0.25, -0.2) is 13.6 Å². The second-order valence-corrected chi connectivity index (χ2v) is 8.25. The van der Waals surface area contributed by atoms with Gasteiger partial charge in [0, 0.05) is 19.0 Å². The highest BCUT2D eigenvalue weighted by Crippen LogP contribution is 2.42. The molecule has 0 radical (unpaired) electrons. The topological polar surface area (TPSA) is 67.9 Å². The zero-order valence-corrected chi connectivity index (χ0v) is 16.1. The van der Waals surface area contributed by atoms with Crippen LogP contribution in [0, 0.1) is 29.3 Å². The zero-order chi connectivity index (χ0) is 20.8. The summed E-state index contributed by atoms with van der Waals surface area (Å²) in [7, 11) is 0. The number of carbonyl (C=O) groups is 2.